The summed E-state index contributed by atoms with van der Waals surface area (Å²) < 4.78 is 0. The summed E-state index contributed by atoms with van der Waals surface area (Å²) in [4.78, 5) is 0. The third-order valence-electron chi connectivity index (χ3n) is 3.88. The van der Waals surface area contributed by atoms with Gasteiger partial charge >= 0.3 is 0 Å². The summed E-state index contributed by atoms with van der Waals surface area (Å²) in [6.45, 7) is 4.50. The Morgan fingerprint density at radius 2 is 1.71 bits per heavy atom. The van der Waals surface area contributed by atoms with E-state index in [9.17, 15) is 5.26 Å². The molecule has 0 heterocycles. The Balaban J connectivity index is 2.56. The van der Waals surface area contributed by atoms with E-state index in [-0.39, 0.29) is 5.41 Å². The maximum absolute atomic E-state index is 9.33. The minimum atomic E-state index is 0.0505. The molecule has 0 aromatic rings. The van der Waals surface area contributed by atoms with Crippen LogP contribution >= 0.6 is 0 Å². The summed E-state index contributed by atoms with van der Waals surface area (Å²) in [6, 6.07) is 2.62. The average Bonchev–Trinajstić information content (AvgIpc) is 2.27. The summed E-state index contributed by atoms with van der Waals surface area (Å²) in [6.07, 6.45) is 9.81. The van der Waals surface area contributed by atoms with Crippen LogP contribution in [-0.2, 0) is 0 Å². The van der Waals surface area contributed by atoms with Crippen LogP contribution in [0.3, 0.4) is 0 Å². The van der Waals surface area contributed by atoms with Crippen LogP contribution in [0.15, 0.2) is 0 Å². The van der Waals surface area contributed by atoms with Gasteiger partial charge in [0.1, 0.15) is 0 Å². The van der Waals surface area contributed by atoms with Crippen LogP contribution < -0.4 is 0 Å². The molecule has 1 saturated carbocycles. The van der Waals surface area contributed by atoms with Crippen LogP contribution in [0.5, 0.6) is 0 Å². The van der Waals surface area contributed by atoms with Gasteiger partial charge in [-0.15, -0.1) is 0 Å². The fraction of sp³-hybridized carbons (Fsp3) is 0.923. The highest BCUT2D eigenvalue weighted by Gasteiger charge is 2.33. The van der Waals surface area contributed by atoms with E-state index in [4.69, 9.17) is 0 Å². The molecular weight excluding hydrogens is 170 g/mol. The third-order valence-corrected chi connectivity index (χ3v) is 3.88. The second-order valence-corrected chi connectivity index (χ2v) is 4.84. The van der Waals surface area contributed by atoms with Crippen molar-refractivity contribution < 1.29 is 0 Å². The van der Waals surface area contributed by atoms with Crippen molar-refractivity contribution in [1.29, 1.82) is 5.26 Å². The number of hydrogen-bond donors (Lipinski definition) is 0. The van der Waals surface area contributed by atoms with Crippen LogP contribution in [0.1, 0.15) is 65.2 Å². The van der Waals surface area contributed by atoms with Gasteiger partial charge in [0.15, 0.2) is 0 Å². The van der Waals surface area contributed by atoms with Crippen LogP contribution in [0.25, 0.3) is 0 Å². The van der Waals surface area contributed by atoms with E-state index in [1.807, 2.05) is 0 Å². The summed E-state index contributed by atoms with van der Waals surface area (Å²) in [5.74, 6) is 0.771. The van der Waals surface area contributed by atoms with Crippen LogP contribution in [0, 0.1) is 22.7 Å². The van der Waals surface area contributed by atoms with Crippen molar-refractivity contribution in [3.8, 4) is 6.07 Å². The lowest BCUT2D eigenvalue weighted by Crippen LogP contribution is -2.25. The molecule has 14 heavy (non-hydrogen) atoms. The molecule has 0 aromatic carbocycles. The molecule has 1 heteroatoms. The molecule has 0 N–H and O–H groups in total. The predicted octanol–water partition coefficient (Wildman–Crippen LogP) is 4.29. The van der Waals surface area contributed by atoms with Gasteiger partial charge in [0.2, 0.25) is 0 Å². The molecule has 1 aliphatic carbocycles. The Morgan fingerprint density at radius 3 is 2.14 bits per heavy atom. The first kappa shape index (κ1) is 11.6. The van der Waals surface area contributed by atoms with Crippen molar-refractivity contribution in [1.82, 2.24) is 0 Å². The predicted molar refractivity (Wildman–Crippen MR) is 59.8 cm³/mol. The second-order valence-electron chi connectivity index (χ2n) is 4.84. The Labute approximate surface area is 88.5 Å². The average molecular weight is 193 g/mol. The first-order valence-corrected chi connectivity index (χ1v) is 6.17. The zero-order valence-corrected chi connectivity index (χ0v) is 9.68. The fourth-order valence-corrected chi connectivity index (χ4v) is 2.72. The van der Waals surface area contributed by atoms with Crippen molar-refractivity contribution >= 4 is 0 Å². The maximum atomic E-state index is 9.33. The molecule has 0 saturated heterocycles. The lowest BCUT2D eigenvalue weighted by Gasteiger charge is -2.33. The summed E-state index contributed by atoms with van der Waals surface area (Å²) >= 11 is 0. The lowest BCUT2D eigenvalue weighted by molar-refractivity contribution is 0.203. The molecule has 0 amide bonds. The van der Waals surface area contributed by atoms with E-state index in [1.165, 1.54) is 32.1 Å². The highest BCUT2D eigenvalue weighted by molar-refractivity contribution is 5.01. The SMILES string of the molecule is CCC(CC)CC1(C#N)CCCCC1. The van der Waals surface area contributed by atoms with E-state index >= 15 is 0 Å². The van der Waals surface area contributed by atoms with Gasteiger partial charge in [-0.3, -0.25) is 0 Å². The van der Waals surface area contributed by atoms with Gasteiger partial charge in [0, 0.05) is 0 Å². The number of rotatable bonds is 4. The monoisotopic (exact) mass is 193 g/mol. The molecule has 0 spiro atoms. The normalized spacial score (nSPS) is 20.7. The van der Waals surface area contributed by atoms with Crippen LogP contribution in [0.2, 0.25) is 0 Å². The molecule has 0 unspecified atom stereocenters. The third kappa shape index (κ3) is 2.74. The second kappa shape index (κ2) is 5.39. The van der Waals surface area contributed by atoms with E-state index in [1.54, 1.807) is 0 Å². The summed E-state index contributed by atoms with van der Waals surface area (Å²) in [5.41, 5.74) is 0.0505. The fourth-order valence-electron chi connectivity index (χ4n) is 2.72. The Morgan fingerprint density at radius 1 is 1.14 bits per heavy atom. The maximum Gasteiger partial charge on any atom is 0.0689 e. The number of nitrogens with zero attached hydrogens (tertiary/aromatic N) is 1. The molecule has 0 aromatic heterocycles. The summed E-state index contributed by atoms with van der Waals surface area (Å²) in [7, 11) is 0. The van der Waals surface area contributed by atoms with Crippen molar-refractivity contribution in [2.75, 3.05) is 0 Å². The minimum Gasteiger partial charge on any atom is -0.198 e. The molecule has 0 aliphatic heterocycles. The standard InChI is InChI=1S/C13H23N/c1-3-12(4-2)10-13(11-14)8-6-5-7-9-13/h12H,3-10H2,1-2H3. The van der Waals surface area contributed by atoms with Crippen molar-refractivity contribution in [2.24, 2.45) is 11.3 Å². The van der Waals surface area contributed by atoms with E-state index in [0.717, 1.165) is 25.2 Å². The largest absolute Gasteiger partial charge is 0.198 e. The van der Waals surface area contributed by atoms with Crippen LogP contribution in [0.4, 0.5) is 0 Å². The van der Waals surface area contributed by atoms with Crippen molar-refractivity contribution in [2.45, 2.75) is 65.2 Å². The van der Waals surface area contributed by atoms with Gasteiger partial charge in [-0.2, -0.15) is 5.26 Å². The topological polar surface area (TPSA) is 23.8 Å². The van der Waals surface area contributed by atoms with Gasteiger partial charge in [0.05, 0.1) is 11.5 Å². The van der Waals surface area contributed by atoms with E-state index in [0.29, 0.717) is 0 Å². The highest BCUT2D eigenvalue weighted by atomic mass is 14.4. The molecule has 0 radical (unpaired) electrons. The molecule has 80 valence electrons. The first-order valence-electron chi connectivity index (χ1n) is 6.17. The molecule has 1 nitrogen and oxygen atoms in total. The zero-order chi connectivity index (χ0) is 10.4. The quantitative estimate of drug-likeness (QED) is 0.653. The van der Waals surface area contributed by atoms with Gasteiger partial charge < -0.3 is 0 Å². The van der Waals surface area contributed by atoms with Crippen LogP contribution in [-0.4, -0.2) is 0 Å². The molecular formula is C13H23N. The van der Waals surface area contributed by atoms with E-state index < -0.39 is 0 Å². The van der Waals surface area contributed by atoms with Crippen molar-refractivity contribution in [3.63, 3.8) is 0 Å². The first-order chi connectivity index (χ1) is 6.76. The lowest BCUT2D eigenvalue weighted by atomic mass is 9.69. The molecule has 0 atom stereocenters. The Kier molecular flexibility index (Phi) is 4.45. The van der Waals surface area contributed by atoms with Gasteiger partial charge in [-0.05, 0) is 25.2 Å². The molecule has 1 fully saturated rings. The molecule has 1 rings (SSSR count). The van der Waals surface area contributed by atoms with Crippen molar-refractivity contribution in [3.05, 3.63) is 0 Å². The van der Waals surface area contributed by atoms with Gasteiger partial charge in [-0.1, -0.05) is 46.0 Å². The smallest absolute Gasteiger partial charge is 0.0689 e. The zero-order valence-electron chi connectivity index (χ0n) is 9.68. The molecule has 0 bridgehead atoms. The Hall–Kier alpha value is -0.510. The molecule has 1 aliphatic rings. The Bertz CT molecular complexity index is 192. The summed E-state index contributed by atoms with van der Waals surface area (Å²) in [5, 5.41) is 9.33. The van der Waals surface area contributed by atoms with Gasteiger partial charge in [0.25, 0.3) is 0 Å². The highest BCUT2D eigenvalue weighted by Crippen LogP contribution is 2.42. The number of nitriles is 1. The minimum absolute atomic E-state index is 0.0505. The number of hydrogen-bond acceptors (Lipinski definition) is 1. The van der Waals surface area contributed by atoms with E-state index in [2.05, 4.69) is 19.9 Å². The van der Waals surface area contributed by atoms with Gasteiger partial charge in [-0.25, -0.2) is 0 Å².